The summed E-state index contributed by atoms with van der Waals surface area (Å²) in [6.45, 7) is 1.61. The van der Waals surface area contributed by atoms with E-state index in [1.807, 2.05) is 0 Å². The molecule has 0 aliphatic carbocycles. The number of hydrogen-bond acceptors (Lipinski definition) is 1. The molecular formula is C14H10F5OS+. The van der Waals surface area contributed by atoms with Gasteiger partial charge in [-0.15, -0.1) is 13.2 Å². The second-order valence-electron chi connectivity index (χ2n) is 4.20. The van der Waals surface area contributed by atoms with Gasteiger partial charge in [-0.25, -0.2) is 8.78 Å². The van der Waals surface area contributed by atoms with E-state index in [2.05, 4.69) is 0 Å². The number of thiol groups is 1. The minimum atomic E-state index is -4.48. The Hall–Kier alpha value is -1.76. The van der Waals surface area contributed by atoms with Crippen LogP contribution in [0.2, 0.25) is 0 Å². The van der Waals surface area contributed by atoms with Gasteiger partial charge in [0.25, 0.3) is 0 Å². The van der Waals surface area contributed by atoms with Crippen molar-refractivity contribution in [1.29, 1.82) is 0 Å². The van der Waals surface area contributed by atoms with E-state index in [0.717, 1.165) is 24.3 Å². The molecule has 0 heterocycles. The molecule has 2 rings (SSSR count). The average molecular weight is 321 g/mol. The first-order chi connectivity index (χ1) is 9.74. The van der Waals surface area contributed by atoms with Gasteiger partial charge < -0.3 is 4.74 Å². The van der Waals surface area contributed by atoms with Gasteiger partial charge in [-0.2, -0.15) is 0 Å². The minimum absolute atomic E-state index is 0.0409. The van der Waals surface area contributed by atoms with Gasteiger partial charge in [-0.1, -0.05) is 6.07 Å². The Kier molecular flexibility index (Phi) is 4.41. The van der Waals surface area contributed by atoms with Gasteiger partial charge in [0.15, 0.2) is 5.75 Å². The van der Waals surface area contributed by atoms with Crippen LogP contribution < -0.4 is 4.74 Å². The monoisotopic (exact) mass is 321 g/mol. The van der Waals surface area contributed by atoms with Gasteiger partial charge in [-0.05, 0) is 24.6 Å². The van der Waals surface area contributed by atoms with Crippen molar-refractivity contribution in [2.24, 2.45) is 0 Å². The van der Waals surface area contributed by atoms with Crippen molar-refractivity contribution in [3.8, 4) is 11.5 Å². The number of rotatable bonds is 3. The molecule has 0 aromatic heterocycles. The van der Waals surface area contributed by atoms with E-state index in [-0.39, 0.29) is 16.4 Å². The summed E-state index contributed by atoms with van der Waals surface area (Å²) in [7, 11) is 0. The van der Waals surface area contributed by atoms with Crippen molar-refractivity contribution in [2.45, 2.75) is 17.3 Å². The molecule has 0 aliphatic heterocycles. The molecule has 21 heavy (non-hydrogen) atoms. The fourth-order valence-corrected chi connectivity index (χ4v) is 2.24. The first-order valence-corrected chi connectivity index (χ1v) is 6.67. The minimum Gasteiger partial charge on any atom is -0.452 e. The summed E-state index contributed by atoms with van der Waals surface area (Å²) in [5, 5.41) is 0. The van der Waals surface area contributed by atoms with E-state index in [4.69, 9.17) is 4.74 Å². The first-order valence-electron chi connectivity index (χ1n) is 5.78. The largest absolute Gasteiger partial charge is 0.578 e. The summed E-state index contributed by atoms with van der Waals surface area (Å²) in [6.07, 6.45) is 0. The normalized spacial score (nSPS) is 11.5. The lowest BCUT2D eigenvalue weighted by atomic mass is 10.2. The molecule has 0 spiro atoms. The molecule has 7 heteroatoms. The van der Waals surface area contributed by atoms with Gasteiger partial charge in [0, 0.05) is 18.2 Å². The predicted octanol–water partition coefficient (Wildman–Crippen LogP) is 4.76. The fraction of sp³-hybridized carbons (Fsp3) is 0.143. The van der Waals surface area contributed by atoms with Crippen LogP contribution in [-0.4, -0.2) is 5.51 Å². The van der Waals surface area contributed by atoms with Crippen molar-refractivity contribution in [3.63, 3.8) is 0 Å². The molecule has 0 saturated heterocycles. The second kappa shape index (κ2) is 5.93. The Morgan fingerprint density at radius 3 is 2.10 bits per heavy atom. The molecule has 112 valence electrons. The maximum Gasteiger partial charge on any atom is 0.578 e. The maximum atomic E-state index is 13.2. The third kappa shape index (κ3) is 4.35. The molecule has 0 aliphatic rings. The van der Waals surface area contributed by atoms with E-state index in [1.54, 1.807) is 6.92 Å². The topological polar surface area (TPSA) is 9.23 Å². The van der Waals surface area contributed by atoms with Crippen LogP contribution >= 0.6 is 0 Å². The van der Waals surface area contributed by atoms with Crippen molar-refractivity contribution < 1.29 is 26.7 Å². The predicted molar refractivity (Wildman–Crippen MR) is 70.7 cm³/mol. The summed E-state index contributed by atoms with van der Waals surface area (Å²) in [6, 6.07) is 6.41. The molecule has 1 nitrogen and oxygen atoms in total. The zero-order valence-electron chi connectivity index (χ0n) is 10.7. The number of ether oxygens (including phenoxy) is 1. The smallest absolute Gasteiger partial charge is 0.452 e. The van der Waals surface area contributed by atoms with Crippen LogP contribution in [0.25, 0.3) is 0 Å². The quantitative estimate of drug-likeness (QED) is 0.450. The van der Waals surface area contributed by atoms with Crippen LogP contribution in [-0.2, 0) is 11.8 Å². The highest BCUT2D eigenvalue weighted by atomic mass is 32.2. The third-order valence-electron chi connectivity index (χ3n) is 2.54. The van der Waals surface area contributed by atoms with Gasteiger partial charge in [0.05, 0.1) is 0 Å². The van der Waals surface area contributed by atoms with Crippen molar-refractivity contribution >= 4 is 11.8 Å². The van der Waals surface area contributed by atoms with Gasteiger partial charge in [-0.3, -0.25) is 0 Å². The summed E-state index contributed by atoms with van der Waals surface area (Å²) in [5.41, 5.74) is -3.96. The maximum absolute atomic E-state index is 13.2. The Labute approximate surface area is 121 Å². The summed E-state index contributed by atoms with van der Waals surface area (Å²) in [5.74, 6) is -1.58. The standard InChI is InChI=1S/C14H9F5OS/c1-8-2-3-9(15)6-11(8)20-12-7-10(16)4-5-13(12)21-14(17,18)19/h2-7H,1H3/p+1. The molecule has 0 bridgehead atoms. The molecular weight excluding hydrogens is 311 g/mol. The Balaban J connectivity index is 2.38. The average Bonchev–Trinajstić information content (AvgIpc) is 2.36. The van der Waals surface area contributed by atoms with E-state index in [0.29, 0.717) is 5.56 Å². The number of aryl methyl sites for hydroxylation is 1. The van der Waals surface area contributed by atoms with E-state index in [1.165, 1.54) is 12.1 Å². The van der Waals surface area contributed by atoms with Crippen molar-refractivity contribution in [3.05, 3.63) is 53.6 Å². The molecule has 0 radical (unpaired) electrons. The highest BCUT2D eigenvalue weighted by Gasteiger charge is 2.41. The van der Waals surface area contributed by atoms with E-state index >= 15 is 0 Å². The number of alkyl halides is 3. The summed E-state index contributed by atoms with van der Waals surface area (Å²) < 4.78 is 69.1. The van der Waals surface area contributed by atoms with Crippen LogP contribution in [0.4, 0.5) is 22.0 Å². The zero-order valence-corrected chi connectivity index (χ0v) is 11.6. The van der Waals surface area contributed by atoms with Crippen LogP contribution in [0, 0.1) is 18.6 Å². The van der Waals surface area contributed by atoms with Gasteiger partial charge >= 0.3 is 5.51 Å². The summed E-state index contributed by atoms with van der Waals surface area (Å²) in [4.78, 5) is -0.243. The fourth-order valence-electron chi connectivity index (χ4n) is 1.60. The molecule has 0 amide bonds. The van der Waals surface area contributed by atoms with Crippen LogP contribution in [0.1, 0.15) is 5.56 Å². The SMILES string of the molecule is Cc1ccc(F)cc1Oc1cc(F)ccc1[SH+]C(F)(F)F. The lowest BCUT2D eigenvalue weighted by Crippen LogP contribution is -2.11. The lowest BCUT2D eigenvalue weighted by Gasteiger charge is -2.10. The van der Waals surface area contributed by atoms with Crippen molar-refractivity contribution in [2.75, 3.05) is 0 Å². The van der Waals surface area contributed by atoms with E-state index < -0.39 is 28.9 Å². The molecule has 0 unspecified atom stereocenters. The Morgan fingerprint density at radius 2 is 1.48 bits per heavy atom. The van der Waals surface area contributed by atoms with Gasteiger partial charge in [0.2, 0.25) is 4.90 Å². The molecule has 0 atom stereocenters. The van der Waals surface area contributed by atoms with Crippen LogP contribution in [0.15, 0.2) is 41.3 Å². The highest BCUT2D eigenvalue weighted by Crippen LogP contribution is 2.34. The molecule has 2 aromatic carbocycles. The summed E-state index contributed by atoms with van der Waals surface area (Å²) >= 11 is -0.975. The van der Waals surface area contributed by atoms with Crippen LogP contribution in [0.3, 0.4) is 0 Å². The zero-order chi connectivity index (χ0) is 15.6. The number of benzene rings is 2. The number of halogens is 5. The number of hydrogen-bond donors (Lipinski definition) is 0. The molecule has 2 aromatic rings. The second-order valence-corrected chi connectivity index (χ2v) is 5.42. The lowest BCUT2D eigenvalue weighted by molar-refractivity contribution is -0.0342. The molecule has 0 saturated carbocycles. The van der Waals surface area contributed by atoms with Crippen molar-refractivity contribution in [1.82, 2.24) is 0 Å². The molecule has 0 N–H and O–H groups in total. The van der Waals surface area contributed by atoms with Crippen LogP contribution in [0.5, 0.6) is 11.5 Å². The first kappa shape index (κ1) is 15.6. The van der Waals surface area contributed by atoms with Gasteiger partial charge in [0.1, 0.15) is 29.1 Å². The Bertz CT molecular complexity index is 654. The Morgan fingerprint density at radius 1 is 0.905 bits per heavy atom. The highest BCUT2D eigenvalue weighted by molar-refractivity contribution is 7.79. The molecule has 0 fully saturated rings. The third-order valence-corrected chi connectivity index (χ3v) is 3.40. The van der Waals surface area contributed by atoms with E-state index in [9.17, 15) is 22.0 Å².